The molecule has 0 spiro atoms. The summed E-state index contributed by atoms with van der Waals surface area (Å²) < 4.78 is 30.0. The van der Waals surface area contributed by atoms with Gasteiger partial charge in [-0.15, -0.1) is 0 Å². The molecule has 0 amide bonds. The SMILES string of the molecule is CCC[C@@H]1OCCc2ccc3c(c21)OC(C)(F)O3. The van der Waals surface area contributed by atoms with Crippen LogP contribution in [0.25, 0.3) is 0 Å². The first-order valence-electron chi connectivity index (χ1n) is 6.45. The molecule has 18 heavy (non-hydrogen) atoms. The molecule has 0 aromatic heterocycles. The van der Waals surface area contributed by atoms with Gasteiger partial charge in [0.25, 0.3) is 0 Å². The molecule has 0 radical (unpaired) electrons. The van der Waals surface area contributed by atoms with Gasteiger partial charge in [0, 0.05) is 12.5 Å². The number of halogens is 1. The Bertz CT molecular complexity index is 470. The van der Waals surface area contributed by atoms with Crippen LogP contribution in [-0.2, 0) is 11.2 Å². The second-order valence-electron chi connectivity index (χ2n) is 4.90. The van der Waals surface area contributed by atoms with E-state index in [1.54, 1.807) is 6.07 Å². The maximum atomic E-state index is 13.8. The summed E-state index contributed by atoms with van der Waals surface area (Å²) in [6.07, 6.45) is 2.76. The number of hydrogen-bond donors (Lipinski definition) is 0. The van der Waals surface area contributed by atoms with Crippen molar-refractivity contribution in [1.82, 2.24) is 0 Å². The average Bonchev–Trinajstić information content (AvgIpc) is 2.64. The van der Waals surface area contributed by atoms with Crippen molar-refractivity contribution in [3.8, 4) is 11.5 Å². The van der Waals surface area contributed by atoms with E-state index < -0.39 is 6.04 Å². The van der Waals surface area contributed by atoms with Crippen LogP contribution in [0.15, 0.2) is 12.1 Å². The highest BCUT2D eigenvalue weighted by Crippen LogP contribution is 2.48. The first-order chi connectivity index (χ1) is 8.61. The molecule has 4 heteroatoms. The third-order valence-electron chi connectivity index (χ3n) is 3.39. The van der Waals surface area contributed by atoms with E-state index in [1.165, 1.54) is 12.5 Å². The van der Waals surface area contributed by atoms with Crippen molar-refractivity contribution in [2.24, 2.45) is 0 Å². The van der Waals surface area contributed by atoms with E-state index in [1.807, 2.05) is 6.07 Å². The van der Waals surface area contributed by atoms with Crippen LogP contribution in [0.1, 0.15) is 43.9 Å². The van der Waals surface area contributed by atoms with Gasteiger partial charge in [-0.1, -0.05) is 19.4 Å². The second kappa shape index (κ2) is 4.12. The fraction of sp³-hybridized carbons (Fsp3) is 0.571. The number of rotatable bonds is 2. The van der Waals surface area contributed by atoms with Gasteiger partial charge in [-0.25, -0.2) is 0 Å². The Labute approximate surface area is 106 Å². The monoisotopic (exact) mass is 252 g/mol. The second-order valence-corrected chi connectivity index (χ2v) is 4.90. The van der Waals surface area contributed by atoms with Crippen LogP contribution in [0.3, 0.4) is 0 Å². The van der Waals surface area contributed by atoms with Crippen LogP contribution in [-0.4, -0.2) is 12.6 Å². The summed E-state index contributed by atoms with van der Waals surface area (Å²) in [6, 6.07) is 1.71. The molecular weight excluding hydrogens is 235 g/mol. The summed E-state index contributed by atoms with van der Waals surface area (Å²) >= 11 is 0. The summed E-state index contributed by atoms with van der Waals surface area (Å²) in [4.78, 5) is 0. The van der Waals surface area contributed by atoms with Crippen LogP contribution >= 0.6 is 0 Å². The lowest BCUT2D eigenvalue weighted by molar-refractivity contribution is -0.173. The molecule has 2 heterocycles. The van der Waals surface area contributed by atoms with Crippen LogP contribution in [0.5, 0.6) is 11.5 Å². The molecule has 2 aliphatic rings. The van der Waals surface area contributed by atoms with E-state index in [-0.39, 0.29) is 6.10 Å². The van der Waals surface area contributed by atoms with Crippen molar-refractivity contribution in [1.29, 1.82) is 0 Å². The molecule has 3 nitrogen and oxygen atoms in total. The highest BCUT2D eigenvalue weighted by Gasteiger charge is 2.41. The molecule has 0 saturated heterocycles. The average molecular weight is 252 g/mol. The minimum atomic E-state index is -2.06. The molecule has 0 fully saturated rings. The predicted molar refractivity (Wildman–Crippen MR) is 64.5 cm³/mol. The maximum Gasteiger partial charge on any atom is 0.404 e. The van der Waals surface area contributed by atoms with E-state index in [2.05, 4.69) is 6.92 Å². The number of alkyl halides is 1. The molecule has 1 aromatic rings. The van der Waals surface area contributed by atoms with Gasteiger partial charge in [0.05, 0.1) is 12.7 Å². The third-order valence-corrected chi connectivity index (χ3v) is 3.39. The first-order valence-corrected chi connectivity index (χ1v) is 6.45. The molecule has 0 N–H and O–H groups in total. The zero-order valence-electron chi connectivity index (χ0n) is 10.7. The Morgan fingerprint density at radius 1 is 1.39 bits per heavy atom. The standard InChI is InChI=1S/C14H17FO3/c1-3-4-10-12-9(7-8-16-10)5-6-11-13(12)18-14(2,15)17-11/h5-6,10H,3-4,7-8H2,1-2H3/t10-,14?/m0/s1. The Morgan fingerprint density at radius 2 is 2.22 bits per heavy atom. The Balaban J connectivity index is 2.06. The van der Waals surface area contributed by atoms with Crippen molar-refractivity contribution in [3.63, 3.8) is 0 Å². The molecule has 98 valence electrons. The van der Waals surface area contributed by atoms with Crippen molar-refractivity contribution < 1.29 is 18.6 Å². The number of hydrogen-bond acceptors (Lipinski definition) is 3. The zero-order valence-corrected chi connectivity index (χ0v) is 10.7. The fourth-order valence-electron chi connectivity index (χ4n) is 2.66. The first kappa shape index (κ1) is 11.8. The number of ether oxygens (including phenoxy) is 3. The van der Waals surface area contributed by atoms with Gasteiger partial charge >= 0.3 is 6.04 Å². The summed E-state index contributed by atoms with van der Waals surface area (Å²) in [7, 11) is 0. The maximum absolute atomic E-state index is 13.8. The molecule has 0 bridgehead atoms. The van der Waals surface area contributed by atoms with Gasteiger partial charge in [-0.2, -0.15) is 4.39 Å². The minimum absolute atomic E-state index is 0.00815. The van der Waals surface area contributed by atoms with E-state index in [0.717, 1.165) is 24.8 Å². The highest BCUT2D eigenvalue weighted by molar-refractivity contribution is 5.54. The molecule has 0 aliphatic carbocycles. The largest absolute Gasteiger partial charge is 0.423 e. The highest BCUT2D eigenvalue weighted by atomic mass is 19.2. The van der Waals surface area contributed by atoms with E-state index in [0.29, 0.717) is 18.1 Å². The predicted octanol–water partition coefficient (Wildman–Crippen LogP) is 3.51. The quantitative estimate of drug-likeness (QED) is 0.806. The van der Waals surface area contributed by atoms with Crippen molar-refractivity contribution in [3.05, 3.63) is 23.3 Å². The molecule has 2 aliphatic heterocycles. The van der Waals surface area contributed by atoms with Gasteiger partial charge in [0.2, 0.25) is 0 Å². The Kier molecular flexibility index (Phi) is 2.70. The lowest BCUT2D eigenvalue weighted by Gasteiger charge is -2.27. The number of fused-ring (bicyclic) bond motifs is 3. The van der Waals surface area contributed by atoms with E-state index in [9.17, 15) is 4.39 Å². The van der Waals surface area contributed by atoms with Crippen LogP contribution in [0.4, 0.5) is 4.39 Å². The molecule has 1 aromatic carbocycles. The van der Waals surface area contributed by atoms with Crippen LogP contribution < -0.4 is 9.47 Å². The molecule has 3 rings (SSSR count). The van der Waals surface area contributed by atoms with Gasteiger partial charge in [-0.3, -0.25) is 0 Å². The van der Waals surface area contributed by atoms with Crippen LogP contribution in [0.2, 0.25) is 0 Å². The van der Waals surface area contributed by atoms with Crippen molar-refractivity contribution in [2.75, 3.05) is 6.61 Å². The third kappa shape index (κ3) is 1.85. The lowest BCUT2D eigenvalue weighted by Crippen LogP contribution is -2.28. The molecule has 0 saturated carbocycles. The van der Waals surface area contributed by atoms with E-state index >= 15 is 0 Å². The molecular formula is C14H17FO3. The molecule has 2 atom stereocenters. The van der Waals surface area contributed by atoms with E-state index in [4.69, 9.17) is 14.2 Å². The summed E-state index contributed by atoms with van der Waals surface area (Å²) in [5.41, 5.74) is 2.15. The summed E-state index contributed by atoms with van der Waals surface area (Å²) in [6.45, 7) is 4.10. The Hall–Kier alpha value is -1.29. The van der Waals surface area contributed by atoms with Gasteiger partial charge in [0.1, 0.15) is 0 Å². The number of benzene rings is 1. The summed E-state index contributed by atoms with van der Waals surface area (Å²) in [5, 5.41) is 0. The smallest absolute Gasteiger partial charge is 0.404 e. The summed E-state index contributed by atoms with van der Waals surface area (Å²) in [5.74, 6) is 1.00. The fourth-order valence-corrected chi connectivity index (χ4v) is 2.66. The lowest BCUT2D eigenvalue weighted by atomic mass is 9.93. The van der Waals surface area contributed by atoms with Gasteiger partial charge < -0.3 is 14.2 Å². The minimum Gasteiger partial charge on any atom is -0.423 e. The van der Waals surface area contributed by atoms with Crippen LogP contribution in [0, 0.1) is 0 Å². The van der Waals surface area contributed by atoms with Crippen molar-refractivity contribution in [2.45, 2.75) is 45.3 Å². The van der Waals surface area contributed by atoms with Gasteiger partial charge in [0.15, 0.2) is 11.5 Å². The normalized spacial score (nSPS) is 29.2. The van der Waals surface area contributed by atoms with Crippen molar-refractivity contribution >= 4 is 0 Å². The molecule has 1 unspecified atom stereocenters. The Morgan fingerprint density at radius 3 is 3.00 bits per heavy atom. The topological polar surface area (TPSA) is 27.7 Å². The zero-order chi connectivity index (χ0) is 12.8. The van der Waals surface area contributed by atoms with Gasteiger partial charge in [-0.05, 0) is 24.5 Å².